The van der Waals surface area contributed by atoms with E-state index >= 15 is 0 Å². The number of hydrogen-bond acceptors (Lipinski definition) is 4. The van der Waals surface area contributed by atoms with Crippen LogP contribution in [0.15, 0.2) is 42.5 Å². The summed E-state index contributed by atoms with van der Waals surface area (Å²) in [5.41, 5.74) is 1.27. The summed E-state index contributed by atoms with van der Waals surface area (Å²) in [5, 5.41) is 6.09. The van der Waals surface area contributed by atoms with E-state index in [2.05, 4.69) is 10.6 Å². The Bertz CT molecular complexity index is 802. The fourth-order valence-electron chi connectivity index (χ4n) is 2.29. The summed E-state index contributed by atoms with van der Waals surface area (Å²) in [6.45, 7) is 1.76. The number of hydrogen-bond donors (Lipinski definition) is 2. The maximum absolute atomic E-state index is 13.7. The minimum absolute atomic E-state index is 0.122. The summed E-state index contributed by atoms with van der Waals surface area (Å²) in [6, 6.07) is 10.9. The molecule has 5 nitrogen and oxygen atoms in total. The Kier molecular flexibility index (Phi) is 7.94. The molecule has 8 heteroatoms. The van der Waals surface area contributed by atoms with Gasteiger partial charge in [0.05, 0.1) is 24.7 Å². The first kappa shape index (κ1) is 21.1. The standard InChI is InChI=1S/C19H20ClFN2O3S/c1-12(13-3-8-17(26-2)16(21)9-13)22-18(24)10-27-11-19(25)23-15-6-4-14(20)5-7-15/h3-9,12H,10-11H2,1-2H3,(H,22,24)(H,23,25)/t12-/m1/s1. The minimum Gasteiger partial charge on any atom is -0.494 e. The second kappa shape index (κ2) is 10.2. The summed E-state index contributed by atoms with van der Waals surface area (Å²) in [4.78, 5) is 23.9. The molecule has 0 unspecified atom stereocenters. The number of thioether (sulfide) groups is 1. The van der Waals surface area contributed by atoms with Crippen molar-refractivity contribution in [3.8, 4) is 5.75 Å². The Hall–Kier alpha value is -2.25. The van der Waals surface area contributed by atoms with Crippen LogP contribution in [0.4, 0.5) is 10.1 Å². The second-order valence-corrected chi connectivity index (χ2v) is 7.15. The van der Waals surface area contributed by atoms with E-state index in [0.29, 0.717) is 16.3 Å². The normalized spacial score (nSPS) is 11.6. The van der Waals surface area contributed by atoms with Gasteiger partial charge in [0.1, 0.15) is 0 Å². The second-order valence-electron chi connectivity index (χ2n) is 5.73. The van der Waals surface area contributed by atoms with Gasteiger partial charge in [0.25, 0.3) is 0 Å². The zero-order valence-corrected chi connectivity index (χ0v) is 16.5. The highest BCUT2D eigenvalue weighted by Gasteiger charge is 2.13. The highest BCUT2D eigenvalue weighted by Crippen LogP contribution is 2.21. The number of halogens is 2. The van der Waals surface area contributed by atoms with Crippen molar-refractivity contribution in [1.29, 1.82) is 0 Å². The number of benzene rings is 2. The fraction of sp³-hybridized carbons (Fsp3) is 0.263. The van der Waals surface area contributed by atoms with E-state index in [9.17, 15) is 14.0 Å². The number of carbonyl (C=O) groups is 2. The van der Waals surface area contributed by atoms with Gasteiger partial charge in [0.15, 0.2) is 11.6 Å². The molecule has 27 heavy (non-hydrogen) atoms. The molecule has 0 bridgehead atoms. The van der Waals surface area contributed by atoms with Gasteiger partial charge >= 0.3 is 0 Å². The molecule has 2 rings (SSSR count). The summed E-state index contributed by atoms with van der Waals surface area (Å²) < 4.78 is 18.6. The summed E-state index contributed by atoms with van der Waals surface area (Å²) >= 11 is 6.98. The van der Waals surface area contributed by atoms with E-state index in [4.69, 9.17) is 16.3 Å². The smallest absolute Gasteiger partial charge is 0.234 e. The highest BCUT2D eigenvalue weighted by atomic mass is 35.5. The highest BCUT2D eigenvalue weighted by molar-refractivity contribution is 8.00. The first-order valence-corrected chi connectivity index (χ1v) is 9.68. The predicted octanol–water partition coefficient (Wildman–Crippen LogP) is 4.04. The molecular formula is C19H20ClFN2O3S. The number of amides is 2. The maximum atomic E-state index is 13.7. The molecule has 0 aliphatic carbocycles. The molecule has 0 radical (unpaired) electrons. The van der Waals surface area contributed by atoms with Crippen LogP contribution in [0.2, 0.25) is 5.02 Å². The lowest BCUT2D eigenvalue weighted by Crippen LogP contribution is -2.29. The molecule has 0 spiro atoms. The first-order chi connectivity index (χ1) is 12.9. The van der Waals surface area contributed by atoms with E-state index in [1.165, 1.54) is 31.0 Å². The first-order valence-electron chi connectivity index (χ1n) is 8.15. The Morgan fingerprint density at radius 3 is 2.44 bits per heavy atom. The van der Waals surface area contributed by atoms with Crippen LogP contribution >= 0.6 is 23.4 Å². The lowest BCUT2D eigenvalue weighted by molar-refractivity contribution is -0.119. The maximum Gasteiger partial charge on any atom is 0.234 e. The number of carbonyl (C=O) groups excluding carboxylic acids is 2. The molecule has 2 N–H and O–H groups in total. The SMILES string of the molecule is COc1ccc([C@@H](C)NC(=O)CSCC(=O)Nc2ccc(Cl)cc2)cc1F. The largest absolute Gasteiger partial charge is 0.494 e. The van der Waals surface area contributed by atoms with Crippen LogP contribution in [-0.4, -0.2) is 30.4 Å². The van der Waals surface area contributed by atoms with Crippen molar-refractivity contribution >= 4 is 40.9 Å². The van der Waals surface area contributed by atoms with Crippen LogP contribution in [0, 0.1) is 5.82 Å². The Balaban J connectivity index is 1.74. The number of methoxy groups -OCH3 is 1. The summed E-state index contributed by atoms with van der Waals surface area (Å²) in [7, 11) is 1.39. The topological polar surface area (TPSA) is 67.4 Å². The Morgan fingerprint density at radius 2 is 1.81 bits per heavy atom. The van der Waals surface area contributed by atoms with E-state index in [0.717, 1.165) is 0 Å². The Labute approximate surface area is 166 Å². The van der Waals surface area contributed by atoms with E-state index in [1.807, 2.05) is 0 Å². The van der Waals surface area contributed by atoms with Gasteiger partial charge in [-0.3, -0.25) is 9.59 Å². The van der Waals surface area contributed by atoms with Gasteiger partial charge in [-0.25, -0.2) is 4.39 Å². The third-order valence-electron chi connectivity index (χ3n) is 3.65. The van der Waals surface area contributed by atoms with Crippen LogP contribution in [0.1, 0.15) is 18.5 Å². The molecule has 0 aromatic heterocycles. The molecule has 0 saturated carbocycles. The van der Waals surface area contributed by atoms with Crippen molar-refractivity contribution in [2.24, 2.45) is 0 Å². The van der Waals surface area contributed by atoms with Gasteiger partial charge in [0, 0.05) is 10.7 Å². The van der Waals surface area contributed by atoms with E-state index in [1.54, 1.807) is 37.3 Å². The van der Waals surface area contributed by atoms with Crippen molar-refractivity contribution in [1.82, 2.24) is 5.32 Å². The van der Waals surface area contributed by atoms with E-state index in [-0.39, 0.29) is 35.1 Å². The average Bonchev–Trinajstić information content (AvgIpc) is 2.63. The predicted molar refractivity (Wildman–Crippen MR) is 107 cm³/mol. The third-order valence-corrected chi connectivity index (χ3v) is 4.83. The molecule has 0 aliphatic heterocycles. The fourth-order valence-corrected chi connectivity index (χ4v) is 3.04. The van der Waals surface area contributed by atoms with Crippen LogP contribution in [0.3, 0.4) is 0 Å². The van der Waals surface area contributed by atoms with Crippen molar-refractivity contribution in [3.05, 3.63) is 58.9 Å². The molecule has 2 aromatic rings. The van der Waals surface area contributed by atoms with Crippen LogP contribution in [-0.2, 0) is 9.59 Å². The number of rotatable bonds is 8. The van der Waals surface area contributed by atoms with Crippen molar-refractivity contribution in [2.45, 2.75) is 13.0 Å². The van der Waals surface area contributed by atoms with Crippen molar-refractivity contribution in [3.63, 3.8) is 0 Å². The summed E-state index contributed by atoms with van der Waals surface area (Å²) in [5.74, 6) is -0.509. The molecule has 0 aliphatic rings. The van der Waals surface area contributed by atoms with Gasteiger partial charge in [0.2, 0.25) is 11.8 Å². The lowest BCUT2D eigenvalue weighted by atomic mass is 10.1. The monoisotopic (exact) mass is 410 g/mol. The van der Waals surface area contributed by atoms with Gasteiger partial charge in [-0.15, -0.1) is 11.8 Å². The zero-order chi connectivity index (χ0) is 19.8. The molecule has 0 saturated heterocycles. The molecule has 2 aromatic carbocycles. The average molecular weight is 411 g/mol. The van der Waals surface area contributed by atoms with E-state index < -0.39 is 5.82 Å². The molecule has 2 amide bonds. The van der Waals surface area contributed by atoms with Crippen molar-refractivity contribution in [2.75, 3.05) is 23.9 Å². The molecule has 1 atom stereocenters. The molecule has 0 fully saturated rings. The van der Waals surface area contributed by atoms with Gasteiger partial charge in [-0.2, -0.15) is 0 Å². The van der Waals surface area contributed by atoms with Gasteiger partial charge in [-0.05, 0) is 48.9 Å². The molecule has 0 heterocycles. The number of anilines is 1. The van der Waals surface area contributed by atoms with Crippen LogP contribution < -0.4 is 15.4 Å². The quantitative estimate of drug-likeness (QED) is 0.689. The lowest BCUT2D eigenvalue weighted by Gasteiger charge is -2.15. The third kappa shape index (κ3) is 6.77. The Morgan fingerprint density at radius 1 is 1.15 bits per heavy atom. The number of ether oxygens (including phenoxy) is 1. The van der Waals surface area contributed by atoms with Gasteiger partial charge in [-0.1, -0.05) is 17.7 Å². The molecule has 144 valence electrons. The zero-order valence-electron chi connectivity index (χ0n) is 14.9. The van der Waals surface area contributed by atoms with Crippen LogP contribution in [0.25, 0.3) is 0 Å². The van der Waals surface area contributed by atoms with Crippen LogP contribution in [0.5, 0.6) is 5.75 Å². The van der Waals surface area contributed by atoms with Crippen molar-refractivity contribution < 1.29 is 18.7 Å². The summed E-state index contributed by atoms with van der Waals surface area (Å²) in [6.07, 6.45) is 0. The van der Waals surface area contributed by atoms with Gasteiger partial charge < -0.3 is 15.4 Å². The number of nitrogens with one attached hydrogen (secondary N) is 2. The molecular weight excluding hydrogens is 391 g/mol. The minimum atomic E-state index is -0.482.